The van der Waals surface area contributed by atoms with Crippen molar-refractivity contribution in [3.05, 3.63) is 35.9 Å². The molecule has 1 fully saturated rings. The minimum Gasteiger partial charge on any atom is -0.320 e. The molecule has 1 saturated heterocycles. The Morgan fingerprint density at radius 3 is 2.83 bits per heavy atom. The van der Waals surface area contributed by atoms with Gasteiger partial charge in [-0.2, -0.15) is 0 Å². The molecule has 0 aliphatic carbocycles. The van der Waals surface area contributed by atoms with Crippen LogP contribution in [0.15, 0.2) is 30.3 Å². The Labute approximate surface area is 111 Å². The molecule has 1 aromatic rings. The van der Waals surface area contributed by atoms with Gasteiger partial charge in [0.2, 0.25) is 0 Å². The normalized spacial score (nSPS) is 21.1. The summed E-state index contributed by atoms with van der Waals surface area (Å²) in [6.45, 7) is 3.56. The molecular weight excluding hydrogens is 220 g/mol. The predicted octanol–water partition coefficient (Wildman–Crippen LogP) is 3.04. The van der Waals surface area contributed by atoms with E-state index < -0.39 is 0 Å². The van der Waals surface area contributed by atoms with Crippen molar-refractivity contribution >= 4 is 0 Å². The van der Waals surface area contributed by atoms with E-state index in [0.29, 0.717) is 0 Å². The molecule has 0 unspecified atom stereocenters. The first-order valence-electron chi connectivity index (χ1n) is 7.32. The van der Waals surface area contributed by atoms with Crippen molar-refractivity contribution in [2.75, 3.05) is 20.1 Å². The highest BCUT2D eigenvalue weighted by Gasteiger charge is 2.21. The summed E-state index contributed by atoms with van der Waals surface area (Å²) in [6, 6.07) is 11.7. The lowest BCUT2D eigenvalue weighted by atomic mass is 9.97. The van der Waals surface area contributed by atoms with Gasteiger partial charge in [0.05, 0.1) is 0 Å². The number of nitrogens with zero attached hydrogens (tertiary/aromatic N) is 1. The van der Waals surface area contributed by atoms with E-state index in [1.54, 1.807) is 0 Å². The lowest BCUT2D eigenvalue weighted by Gasteiger charge is -2.36. The molecular formula is C16H26N2. The van der Waals surface area contributed by atoms with Crippen molar-refractivity contribution in [1.29, 1.82) is 0 Å². The lowest BCUT2D eigenvalue weighted by molar-refractivity contribution is 0.130. The van der Waals surface area contributed by atoms with Gasteiger partial charge in [0.25, 0.3) is 0 Å². The average molecular weight is 246 g/mol. The fraction of sp³-hybridized carbons (Fsp3) is 0.625. The number of piperidine rings is 1. The summed E-state index contributed by atoms with van der Waals surface area (Å²) in [5, 5.41) is 3.25. The molecule has 1 N–H and O–H groups in total. The minimum absolute atomic E-state index is 0.798. The van der Waals surface area contributed by atoms with Crippen LogP contribution in [0.5, 0.6) is 0 Å². The fourth-order valence-corrected chi connectivity index (χ4v) is 2.93. The summed E-state index contributed by atoms with van der Waals surface area (Å²) < 4.78 is 0. The Bertz CT molecular complexity index is 323. The van der Waals surface area contributed by atoms with Crippen LogP contribution in [0.3, 0.4) is 0 Å². The van der Waals surface area contributed by atoms with Gasteiger partial charge in [-0.15, -0.1) is 0 Å². The van der Waals surface area contributed by atoms with Gasteiger partial charge < -0.3 is 5.32 Å². The highest BCUT2D eigenvalue weighted by molar-refractivity contribution is 5.14. The van der Waals surface area contributed by atoms with Crippen LogP contribution < -0.4 is 5.32 Å². The molecule has 1 heterocycles. The van der Waals surface area contributed by atoms with Gasteiger partial charge in [0.15, 0.2) is 0 Å². The van der Waals surface area contributed by atoms with Crippen LogP contribution in [0, 0.1) is 0 Å². The van der Waals surface area contributed by atoms with E-state index in [4.69, 9.17) is 0 Å². The second-order valence-corrected chi connectivity index (χ2v) is 5.35. The van der Waals surface area contributed by atoms with E-state index in [1.165, 1.54) is 44.2 Å². The van der Waals surface area contributed by atoms with Crippen LogP contribution in [0.2, 0.25) is 0 Å². The monoisotopic (exact) mass is 246 g/mol. The van der Waals surface area contributed by atoms with Crippen molar-refractivity contribution in [2.45, 2.75) is 44.7 Å². The van der Waals surface area contributed by atoms with Gasteiger partial charge in [-0.05, 0) is 51.4 Å². The molecule has 18 heavy (non-hydrogen) atoms. The van der Waals surface area contributed by atoms with E-state index >= 15 is 0 Å². The van der Waals surface area contributed by atoms with Gasteiger partial charge in [0, 0.05) is 12.6 Å². The molecule has 1 aliphatic rings. The number of benzene rings is 1. The van der Waals surface area contributed by atoms with E-state index in [-0.39, 0.29) is 0 Å². The van der Waals surface area contributed by atoms with Crippen LogP contribution in [0.4, 0.5) is 0 Å². The highest BCUT2D eigenvalue weighted by Crippen LogP contribution is 2.22. The average Bonchev–Trinajstić information content (AvgIpc) is 2.42. The van der Waals surface area contributed by atoms with Crippen molar-refractivity contribution in [1.82, 2.24) is 10.2 Å². The van der Waals surface area contributed by atoms with Gasteiger partial charge in [-0.25, -0.2) is 0 Å². The Morgan fingerprint density at radius 2 is 2.06 bits per heavy atom. The first-order valence-corrected chi connectivity index (χ1v) is 7.32. The Hall–Kier alpha value is -0.860. The van der Waals surface area contributed by atoms with Crippen LogP contribution >= 0.6 is 0 Å². The molecule has 1 aromatic carbocycles. The topological polar surface area (TPSA) is 15.3 Å². The summed E-state index contributed by atoms with van der Waals surface area (Å²) in [6.07, 6.45) is 6.81. The maximum absolute atomic E-state index is 3.25. The third-order valence-electron chi connectivity index (χ3n) is 3.94. The highest BCUT2D eigenvalue weighted by atomic mass is 15.2. The zero-order chi connectivity index (χ0) is 12.6. The van der Waals surface area contributed by atoms with Gasteiger partial charge >= 0.3 is 0 Å². The molecule has 0 radical (unpaired) electrons. The van der Waals surface area contributed by atoms with Crippen molar-refractivity contribution in [3.8, 4) is 0 Å². The quantitative estimate of drug-likeness (QED) is 0.776. The summed E-state index contributed by atoms with van der Waals surface area (Å²) >= 11 is 0. The van der Waals surface area contributed by atoms with Crippen LogP contribution in [0.1, 0.15) is 37.7 Å². The smallest absolute Gasteiger partial charge is 0.0236 e. The Morgan fingerprint density at radius 1 is 1.22 bits per heavy atom. The molecule has 1 aliphatic heterocycles. The number of likely N-dealkylation sites (tertiary alicyclic amines) is 1. The molecule has 2 nitrogen and oxygen atoms in total. The number of rotatable bonds is 6. The van der Waals surface area contributed by atoms with Crippen LogP contribution in [0.25, 0.3) is 0 Å². The maximum atomic E-state index is 3.25. The maximum Gasteiger partial charge on any atom is 0.0236 e. The second-order valence-electron chi connectivity index (χ2n) is 5.35. The third kappa shape index (κ3) is 4.11. The molecule has 2 rings (SSSR count). The van der Waals surface area contributed by atoms with Crippen LogP contribution in [-0.4, -0.2) is 31.1 Å². The lowest BCUT2D eigenvalue weighted by Crippen LogP contribution is -2.39. The zero-order valence-electron chi connectivity index (χ0n) is 11.6. The Balaban J connectivity index is 1.87. The van der Waals surface area contributed by atoms with Crippen LogP contribution in [-0.2, 0) is 6.54 Å². The molecule has 2 heteroatoms. The molecule has 0 amide bonds. The molecule has 1 atom stereocenters. The number of nitrogens with one attached hydrogen (secondary N) is 1. The Kier molecular flexibility index (Phi) is 5.69. The minimum atomic E-state index is 0.798. The largest absolute Gasteiger partial charge is 0.320 e. The standard InChI is InChI=1S/C16H26N2/c1-17-12-7-11-16-10-5-6-13-18(16)14-15-8-3-2-4-9-15/h2-4,8-9,16-17H,5-7,10-14H2,1H3/t16-/m0/s1. The van der Waals surface area contributed by atoms with Crippen molar-refractivity contribution in [2.24, 2.45) is 0 Å². The van der Waals surface area contributed by atoms with E-state index in [0.717, 1.165) is 19.1 Å². The third-order valence-corrected chi connectivity index (χ3v) is 3.94. The molecule has 0 saturated carbocycles. The molecule has 0 bridgehead atoms. The summed E-state index contributed by atoms with van der Waals surface area (Å²) in [5.41, 5.74) is 1.46. The number of hydrogen-bond acceptors (Lipinski definition) is 2. The van der Waals surface area contributed by atoms with E-state index in [9.17, 15) is 0 Å². The van der Waals surface area contributed by atoms with E-state index in [1.807, 2.05) is 7.05 Å². The molecule has 0 aromatic heterocycles. The number of hydrogen-bond donors (Lipinski definition) is 1. The van der Waals surface area contributed by atoms with Gasteiger partial charge in [0.1, 0.15) is 0 Å². The first kappa shape index (κ1) is 13.6. The van der Waals surface area contributed by atoms with E-state index in [2.05, 4.69) is 40.5 Å². The molecule has 100 valence electrons. The summed E-state index contributed by atoms with van der Waals surface area (Å²) in [5.74, 6) is 0. The van der Waals surface area contributed by atoms with Gasteiger partial charge in [-0.1, -0.05) is 36.8 Å². The summed E-state index contributed by atoms with van der Waals surface area (Å²) in [7, 11) is 2.04. The van der Waals surface area contributed by atoms with Gasteiger partial charge in [-0.3, -0.25) is 4.90 Å². The van der Waals surface area contributed by atoms with Crippen molar-refractivity contribution in [3.63, 3.8) is 0 Å². The fourth-order valence-electron chi connectivity index (χ4n) is 2.93. The molecule has 0 spiro atoms. The second kappa shape index (κ2) is 7.55. The summed E-state index contributed by atoms with van der Waals surface area (Å²) in [4.78, 5) is 2.69. The SMILES string of the molecule is CNCCC[C@@H]1CCCCN1Cc1ccccc1. The first-order chi connectivity index (χ1) is 8.90. The zero-order valence-corrected chi connectivity index (χ0v) is 11.6. The predicted molar refractivity (Wildman–Crippen MR) is 77.7 cm³/mol. The van der Waals surface area contributed by atoms with Crippen molar-refractivity contribution < 1.29 is 0 Å².